The number of halogens is 1. The van der Waals surface area contributed by atoms with Crippen LogP contribution in [0.1, 0.15) is 31.2 Å². The lowest BCUT2D eigenvalue weighted by molar-refractivity contribution is -0.190. The van der Waals surface area contributed by atoms with E-state index in [-0.39, 0.29) is 18.1 Å². The Balaban J connectivity index is 1.19. The summed E-state index contributed by atoms with van der Waals surface area (Å²) < 4.78 is 12.8. The Morgan fingerprint density at radius 2 is 1.66 bits per heavy atom. The molecule has 3 heterocycles. The van der Waals surface area contributed by atoms with Crippen LogP contribution in [0.5, 0.6) is 0 Å². The van der Waals surface area contributed by atoms with Crippen molar-refractivity contribution in [2.45, 2.75) is 43.7 Å². The van der Waals surface area contributed by atoms with Crippen molar-refractivity contribution in [3.63, 3.8) is 0 Å². The summed E-state index contributed by atoms with van der Waals surface area (Å²) in [7, 11) is 0. The van der Waals surface area contributed by atoms with Gasteiger partial charge in [0.1, 0.15) is 0 Å². The molecule has 3 fully saturated rings. The highest BCUT2D eigenvalue weighted by Crippen LogP contribution is 2.51. The first kappa shape index (κ1) is 20.5. The predicted molar refractivity (Wildman–Crippen MR) is 124 cm³/mol. The first-order valence-corrected chi connectivity index (χ1v) is 12.0. The van der Waals surface area contributed by atoms with E-state index in [9.17, 15) is 4.79 Å². The lowest BCUT2D eigenvalue weighted by Crippen LogP contribution is -2.52. The minimum Gasteiger partial charge on any atom is -0.369 e. The topological polar surface area (TPSA) is 45.3 Å². The summed E-state index contributed by atoms with van der Waals surface area (Å²) in [4.78, 5) is 20.3. The summed E-state index contributed by atoms with van der Waals surface area (Å²) in [5.74, 6) is -1.34. The van der Waals surface area contributed by atoms with Crippen LogP contribution >= 0.6 is 11.6 Å². The van der Waals surface area contributed by atoms with Gasteiger partial charge in [-0.05, 0) is 37.1 Å². The fraction of sp³-hybridized carbons (Fsp3) is 0.480. The maximum Gasteiger partial charge on any atom is 0.293 e. The summed E-state index contributed by atoms with van der Waals surface area (Å²) in [6.07, 6.45) is 4.23. The number of benzene rings is 2. The second-order valence-corrected chi connectivity index (χ2v) is 9.63. The number of amides is 1. The molecule has 2 saturated heterocycles. The Morgan fingerprint density at radius 1 is 0.938 bits per heavy atom. The van der Waals surface area contributed by atoms with Crippen LogP contribution in [-0.2, 0) is 20.1 Å². The minimum atomic E-state index is -1.27. The highest BCUT2D eigenvalue weighted by atomic mass is 35.5. The molecular weight excluding hydrogens is 426 g/mol. The van der Waals surface area contributed by atoms with Crippen LogP contribution in [0.25, 0.3) is 0 Å². The summed E-state index contributed by atoms with van der Waals surface area (Å²) in [5.41, 5.74) is 2.92. The van der Waals surface area contributed by atoms with Crippen LogP contribution in [0.15, 0.2) is 48.5 Å². The van der Waals surface area contributed by atoms with Crippen molar-refractivity contribution in [3.8, 4) is 0 Å². The number of anilines is 2. The molecule has 2 atom stereocenters. The zero-order valence-electron chi connectivity index (χ0n) is 18.1. The van der Waals surface area contributed by atoms with Gasteiger partial charge in [0.15, 0.2) is 0 Å². The number of carbonyl (C=O) groups is 1. The molecule has 6 nitrogen and oxygen atoms in total. The molecule has 32 heavy (non-hydrogen) atoms. The van der Waals surface area contributed by atoms with E-state index in [1.54, 1.807) is 0 Å². The molecule has 0 N–H and O–H groups in total. The molecule has 1 saturated carbocycles. The highest BCUT2D eigenvalue weighted by Gasteiger charge is 2.61. The molecule has 2 aromatic rings. The molecule has 2 unspecified atom stereocenters. The average molecular weight is 454 g/mol. The standard InChI is InChI=1S/C25H28ClN3O3/c26-18-6-5-7-19(16-18)28-14-12-27(13-15-28)17-29-21-9-2-1-8-20(21)25(24(29)30)31-22-10-3-4-11-23(22)32-25/h1-2,5-9,16,22-23H,3-4,10-15,17H2. The maximum atomic E-state index is 13.8. The van der Waals surface area contributed by atoms with Crippen LogP contribution < -0.4 is 9.80 Å². The molecule has 7 heteroatoms. The molecule has 2 aromatic carbocycles. The fourth-order valence-corrected chi connectivity index (χ4v) is 5.75. The SMILES string of the molecule is O=C1N(CN2CCN(c3cccc(Cl)c3)CC2)c2ccccc2C12OC1CCCCC1O2. The smallest absolute Gasteiger partial charge is 0.293 e. The summed E-state index contributed by atoms with van der Waals surface area (Å²) >= 11 is 6.17. The Bertz CT molecular complexity index is 1010. The van der Waals surface area contributed by atoms with E-state index >= 15 is 0 Å². The lowest BCUT2D eigenvalue weighted by Gasteiger charge is -2.38. The first-order chi connectivity index (χ1) is 15.6. The van der Waals surface area contributed by atoms with Gasteiger partial charge in [-0.1, -0.05) is 48.7 Å². The molecule has 0 bridgehead atoms. The fourth-order valence-electron chi connectivity index (χ4n) is 5.56. The molecule has 1 spiro atoms. The van der Waals surface area contributed by atoms with Gasteiger partial charge < -0.3 is 14.4 Å². The van der Waals surface area contributed by atoms with Crippen LogP contribution in [0.3, 0.4) is 0 Å². The molecule has 4 aliphatic rings. The number of ether oxygens (including phenoxy) is 2. The Labute approximate surface area is 193 Å². The van der Waals surface area contributed by atoms with Crippen molar-refractivity contribution in [1.29, 1.82) is 0 Å². The predicted octanol–water partition coefficient (Wildman–Crippen LogP) is 3.98. The van der Waals surface area contributed by atoms with Gasteiger partial charge in [0, 0.05) is 42.5 Å². The number of hydrogen-bond donors (Lipinski definition) is 0. The summed E-state index contributed by atoms with van der Waals surface area (Å²) in [6.45, 7) is 4.08. The highest BCUT2D eigenvalue weighted by molar-refractivity contribution is 6.30. The van der Waals surface area contributed by atoms with Crippen molar-refractivity contribution in [3.05, 3.63) is 59.1 Å². The van der Waals surface area contributed by atoms with E-state index in [2.05, 4.69) is 15.9 Å². The van der Waals surface area contributed by atoms with E-state index in [0.717, 1.165) is 73.8 Å². The van der Waals surface area contributed by atoms with E-state index < -0.39 is 5.79 Å². The number of hydrogen-bond acceptors (Lipinski definition) is 5. The molecule has 1 aliphatic carbocycles. The number of nitrogens with zero attached hydrogens (tertiary/aromatic N) is 3. The Hall–Kier alpha value is -2.12. The Kier molecular flexibility index (Phi) is 5.14. The average Bonchev–Trinajstić information content (AvgIpc) is 3.32. The normalized spacial score (nSPS) is 30.1. The van der Waals surface area contributed by atoms with Crippen molar-refractivity contribution in [2.75, 3.05) is 42.6 Å². The van der Waals surface area contributed by atoms with Gasteiger partial charge in [-0.2, -0.15) is 0 Å². The van der Waals surface area contributed by atoms with Crippen LogP contribution in [0.4, 0.5) is 11.4 Å². The summed E-state index contributed by atoms with van der Waals surface area (Å²) in [5, 5.41) is 0.756. The third kappa shape index (κ3) is 3.32. The summed E-state index contributed by atoms with van der Waals surface area (Å²) in [6, 6.07) is 15.9. The zero-order chi connectivity index (χ0) is 21.7. The van der Waals surface area contributed by atoms with Crippen molar-refractivity contribution in [1.82, 2.24) is 4.90 Å². The number of piperazine rings is 1. The quantitative estimate of drug-likeness (QED) is 0.703. The number of rotatable bonds is 3. The van der Waals surface area contributed by atoms with Gasteiger partial charge in [0.05, 0.1) is 24.6 Å². The van der Waals surface area contributed by atoms with E-state index in [4.69, 9.17) is 21.1 Å². The first-order valence-electron chi connectivity index (χ1n) is 11.6. The monoisotopic (exact) mass is 453 g/mol. The van der Waals surface area contributed by atoms with E-state index in [0.29, 0.717) is 6.67 Å². The number of para-hydroxylation sites is 1. The zero-order valence-corrected chi connectivity index (χ0v) is 18.8. The third-order valence-corrected chi connectivity index (χ3v) is 7.47. The van der Waals surface area contributed by atoms with Crippen LogP contribution in [-0.4, -0.2) is 55.9 Å². The van der Waals surface area contributed by atoms with E-state index in [1.165, 1.54) is 0 Å². The van der Waals surface area contributed by atoms with Gasteiger partial charge in [0.2, 0.25) is 0 Å². The van der Waals surface area contributed by atoms with E-state index in [1.807, 2.05) is 47.4 Å². The number of fused-ring (bicyclic) bond motifs is 3. The molecule has 0 aromatic heterocycles. The van der Waals surface area contributed by atoms with Gasteiger partial charge in [-0.15, -0.1) is 0 Å². The van der Waals surface area contributed by atoms with Crippen molar-refractivity contribution in [2.24, 2.45) is 0 Å². The van der Waals surface area contributed by atoms with Crippen molar-refractivity contribution >= 4 is 28.9 Å². The second kappa shape index (κ2) is 8.03. The molecular formula is C25H28ClN3O3. The van der Waals surface area contributed by atoms with Crippen LogP contribution in [0.2, 0.25) is 5.02 Å². The van der Waals surface area contributed by atoms with Gasteiger partial charge >= 0.3 is 0 Å². The molecule has 1 amide bonds. The molecule has 6 rings (SSSR count). The molecule has 3 aliphatic heterocycles. The Morgan fingerprint density at radius 3 is 2.38 bits per heavy atom. The second-order valence-electron chi connectivity index (χ2n) is 9.19. The lowest BCUT2D eigenvalue weighted by atomic mass is 9.95. The van der Waals surface area contributed by atoms with Gasteiger partial charge in [0.25, 0.3) is 11.7 Å². The third-order valence-electron chi connectivity index (χ3n) is 7.24. The van der Waals surface area contributed by atoms with Gasteiger partial charge in [-0.25, -0.2) is 0 Å². The van der Waals surface area contributed by atoms with Crippen LogP contribution in [0, 0.1) is 0 Å². The van der Waals surface area contributed by atoms with Crippen molar-refractivity contribution < 1.29 is 14.3 Å². The van der Waals surface area contributed by atoms with Gasteiger partial charge in [-0.3, -0.25) is 14.6 Å². The minimum absolute atomic E-state index is 0.0157. The molecule has 168 valence electrons. The molecule has 0 radical (unpaired) electrons. The number of carbonyl (C=O) groups excluding carboxylic acids is 1. The largest absolute Gasteiger partial charge is 0.369 e. The maximum absolute atomic E-state index is 13.8.